The first-order chi connectivity index (χ1) is 9.79. The number of carbonyl (C=O) groups is 1. The van der Waals surface area contributed by atoms with Crippen LogP contribution in [0.2, 0.25) is 0 Å². The number of nitrogens with one attached hydrogen (secondary N) is 2. The van der Waals surface area contributed by atoms with Gasteiger partial charge >= 0.3 is 0 Å². The quantitative estimate of drug-likeness (QED) is 0.791. The molecule has 0 radical (unpaired) electrons. The van der Waals surface area contributed by atoms with Gasteiger partial charge in [0, 0.05) is 36.7 Å². The summed E-state index contributed by atoms with van der Waals surface area (Å²) < 4.78 is 0. The molecule has 0 saturated carbocycles. The molecule has 20 heavy (non-hydrogen) atoms. The van der Waals surface area contributed by atoms with E-state index in [4.69, 9.17) is 0 Å². The van der Waals surface area contributed by atoms with E-state index in [-0.39, 0.29) is 5.91 Å². The van der Waals surface area contributed by atoms with Crippen molar-refractivity contribution in [2.75, 3.05) is 11.9 Å². The summed E-state index contributed by atoms with van der Waals surface area (Å²) >= 11 is 0. The summed E-state index contributed by atoms with van der Waals surface area (Å²) in [5.74, 6) is -0.0938. The van der Waals surface area contributed by atoms with Crippen molar-refractivity contribution < 1.29 is 4.79 Å². The number of nitrogens with zero attached hydrogens (tertiary/aromatic N) is 1. The zero-order chi connectivity index (χ0) is 14.2. The Kier molecular flexibility index (Phi) is 4.89. The van der Waals surface area contributed by atoms with Crippen LogP contribution in [-0.2, 0) is 6.54 Å². The zero-order valence-corrected chi connectivity index (χ0v) is 11.2. The molecule has 0 unspecified atom stereocenters. The van der Waals surface area contributed by atoms with Crippen molar-refractivity contribution in [2.24, 2.45) is 0 Å². The van der Waals surface area contributed by atoms with Gasteiger partial charge in [0.25, 0.3) is 5.91 Å². The summed E-state index contributed by atoms with van der Waals surface area (Å²) in [4.78, 5) is 15.8. The van der Waals surface area contributed by atoms with E-state index in [2.05, 4.69) is 22.2 Å². The average Bonchev–Trinajstić information content (AvgIpc) is 2.52. The SMILES string of the molecule is C=CCNC(=O)c1ccc(NCc2cccnc2)cc1. The maximum atomic E-state index is 11.7. The van der Waals surface area contributed by atoms with Crippen molar-refractivity contribution in [2.45, 2.75) is 6.54 Å². The number of pyridine rings is 1. The molecule has 0 aliphatic rings. The third-order valence-corrected chi connectivity index (χ3v) is 2.77. The van der Waals surface area contributed by atoms with Crippen molar-refractivity contribution in [3.8, 4) is 0 Å². The maximum Gasteiger partial charge on any atom is 0.251 e. The summed E-state index contributed by atoms with van der Waals surface area (Å²) in [6, 6.07) is 11.3. The molecule has 4 nitrogen and oxygen atoms in total. The highest BCUT2D eigenvalue weighted by molar-refractivity contribution is 5.94. The van der Waals surface area contributed by atoms with Gasteiger partial charge in [0.05, 0.1) is 0 Å². The van der Waals surface area contributed by atoms with Crippen molar-refractivity contribution in [1.82, 2.24) is 10.3 Å². The molecule has 0 fully saturated rings. The zero-order valence-electron chi connectivity index (χ0n) is 11.2. The van der Waals surface area contributed by atoms with E-state index >= 15 is 0 Å². The highest BCUT2D eigenvalue weighted by Crippen LogP contribution is 2.11. The molecule has 0 aliphatic carbocycles. The van der Waals surface area contributed by atoms with E-state index in [1.165, 1.54) is 0 Å². The Bertz CT molecular complexity index is 564. The van der Waals surface area contributed by atoms with Crippen LogP contribution in [0, 0.1) is 0 Å². The Morgan fingerprint density at radius 3 is 2.70 bits per heavy atom. The molecular formula is C16H17N3O. The van der Waals surface area contributed by atoms with Gasteiger partial charge in [-0.15, -0.1) is 6.58 Å². The summed E-state index contributed by atoms with van der Waals surface area (Å²) in [7, 11) is 0. The van der Waals surface area contributed by atoms with Gasteiger partial charge in [-0.25, -0.2) is 0 Å². The third kappa shape index (κ3) is 3.95. The molecule has 0 spiro atoms. The van der Waals surface area contributed by atoms with Crippen LogP contribution in [0.25, 0.3) is 0 Å². The molecule has 2 rings (SSSR count). The molecule has 1 aromatic heterocycles. The molecule has 2 aromatic rings. The Morgan fingerprint density at radius 2 is 2.05 bits per heavy atom. The van der Waals surface area contributed by atoms with E-state index in [1.807, 2.05) is 30.5 Å². The number of amides is 1. The normalized spacial score (nSPS) is 9.80. The highest BCUT2D eigenvalue weighted by atomic mass is 16.1. The van der Waals surface area contributed by atoms with Crippen LogP contribution in [0.1, 0.15) is 15.9 Å². The molecule has 1 heterocycles. The standard InChI is InChI=1S/C16H17N3O/c1-2-9-18-16(20)14-5-7-15(8-6-14)19-12-13-4-3-10-17-11-13/h2-8,10-11,19H,1,9,12H2,(H,18,20). The van der Waals surface area contributed by atoms with E-state index in [0.29, 0.717) is 18.7 Å². The fourth-order valence-corrected chi connectivity index (χ4v) is 1.71. The van der Waals surface area contributed by atoms with Crippen molar-refractivity contribution in [1.29, 1.82) is 0 Å². The minimum Gasteiger partial charge on any atom is -0.381 e. The Labute approximate surface area is 118 Å². The molecule has 1 amide bonds. The number of hydrogen-bond donors (Lipinski definition) is 2. The first-order valence-corrected chi connectivity index (χ1v) is 6.41. The van der Waals surface area contributed by atoms with Gasteiger partial charge in [-0.1, -0.05) is 12.1 Å². The smallest absolute Gasteiger partial charge is 0.251 e. The van der Waals surface area contributed by atoms with Crippen LogP contribution in [0.4, 0.5) is 5.69 Å². The molecule has 0 saturated heterocycles. The molecule has 1 aromatic carbocycles. The highest BCUT2D eigenvalue weighted by Gasteiger charge is 2.03. The number of hydrogen-bond acceptors (Lipinski definition) is 3. The van der Waals surface area contributed by atoms with Gasteiger partial charge in [-0.2, -0.15) is 0 Å². The Hall–Kier alpha value is -2.62. The molecular weight excluding hydrogens is 250 g/mol. The largest absolute Gasteiger partial charge is 0.381 e. The Balaban J connectivity index is 1.91. The first kappa shape index (κ1) is 13.8. The molecule has 4 heteroatoms. The van der Waals surface area contributed by atoms with Crippen LogP contribution < -0.4 is 10.6 Å². The summed E-state index contributed by atoms with van der Waals surface area (Å²) in [6.07, 6.45) is 5.23. The van der Waals surface area contributed by atoms with Crippen LogP contribution in [0.5, 0.6) is 0 Å². The lowest BCUT2D eigenvalue weighted by atomic mass is 10.2. The van der Waals surface area contributed by atoms with Crippen molar-refractivity contribution in [3.63, 3.8) is 0 Å². The van der Waals surface area contributed by atoms with Crippen molar-refractivity contribution in [3.05, 3.63) is 72.6 Å². The van der Waals surface area contributed by atoms with Crippen LogP contribution in [0.15, 0.2) is 61.4 Å². The predicted octanol–water partition coefficient (Wildman–Crippen LogP) is 2.61. The van der Waals surface area contributed by atoms with E-state index in [0.717, 1.165) is 11.3 Å². The van der Waals surface area contributed by atoms with Crippen LogP contribution >= 0.6 is 0 Å². The molecule has 2 N–H and O–H groups in total. The minimum absolute atomic E-state index is 0.0938. The molecule has 0 atom stereocenters. The lowest BCUT2D eigenvalue weighted by Crippen LogP contribution is -2.23. The second kappa shape index (κ2) is 7.09. The van der Waals surface area contributed by atoms with Gasteiger partial charge in [0.2, 0.25) is 0 Å². The number of benzene rings is 1. The average molecular weight is 267 g/mol. The summed E-state index contributed by atoms with van der Waals surface area (Å²) in [5.41, 5.74) is 2.72. The van der Waals surface area contributed by atoms with Gasteiger partial charge in [0.1, 0.15) is 0 Å². The van der Waals surface area contributed by atoms with E-state index in [9.17, 15) is 4.79 Å². The fourth-order valence-electron chi connectivity index (χ4n) is 1.71. The summed E-state index contributed by atoms with van der Waals surface area (Å²) in [5, 5.41) is 6.02. The Morgan fingerprint density at radius 1 is 1.25 bits per heavy atom. The summed E-state index contributed by atoms with van der Waals surface area (Å²) in [6.45, 7) is 4.74. The number of aromatic nitrogens is 1. The minimum atomic E-state index is -0.0938. The van der Waals surface area contributed by atoms with Gasteiger partial charge in [-0.05, 0) is 35.9 Å². The van der Waals surface area contributed by atoms with E-state index < -0.39 is 0 Å². The topological polar surface area (TPSA) is 54.0 Å². The van der Waals surface area contributed by atoms with Crippen LogP contribution in [0.3, 0.4) is 0 Å². The second-order valence-electron chi connectivity index (χ2n) is 4.29. The third-order valence-electron chi connectivity index (χ3n) is 2.77. The lowest BCUT2D eigenvalue weighted by Gasteiger charge is -2.07. The van der Waals surface area contributed by atoms with Crippen LogP contribution in [-0.4, -0.2) is 17.4 Å². The lowest BCUT2D eigenvalue weighted by molar-refractivity contribution is 0.0958. The molecule has 102 valence electrons. The first-order valence-electron chi connectivity index (χ1n) is 6.41. The number of anilines is 1. The molecule has 0 aliphatic heterocycles. The predicted molar refractivity (Wildman–Crippen MR) is 80.5 cm³/mol. The maximum absolute atomic E-state index is 11.7. The van der Waals surface area contributed by atoms with Gasteiger partial charge < -0.3 is 10.6 Å². The van der Waals surface area contributed by atoms with Gasteiger partial charge in [-0.3, -0.25) is 9.78 Å². The number of rotatable bonds is 6. The van der Waals surface area contributed by atoms with Gasteiger partial charge in [0.15, 0.2) is 0 Å². The fraction of sp³-hybridized carbons (Fsp3) is 0.125. The molecule has 0 bridgehead atoms. The number of carbonyl (C=O) groups excluding carboxylic acids is 1. The second-order valence-corrected chi connectivity index (χ2v) is 4.29. The van der Waals surface area contributed by atoms with E-state index in [1.54, 1.807) is 24.4 Å². The monoisotopic (exact) mass is 267 g/mol. The van der Waals surface area contributed by atoms with Crippen molar-refractivity contribution >= 4 is 11.6 Å².